The van der Waals surface area contributed by atoms with Crippen LogP contribution in [0.1, 0.15) is 0 Å². The second-order valence-electron chi connectivity index (χ2n) is 2.84. The topological polar surface area (TPSA) is 98.8 Å². The zero-order chi connectivity index (χ0) is 10.8. The Kier molecular flexibility index (Phi) is 3.60. The number of benzene rings is 1. The molecule has 0 aliphatic heterocycles. The van der Waals surface area contributed by atoms with Crippen molar-refractivity contribution in [2.45, 2.75) is 0 Å². The van der Waals surface area contributed by atoms with Gasteiger partial charge in [0.2, 0.25) is 5.89 Å². The van der Waals surface area contributed by atoms with E-state index in [1.165, 1.54) is 0 Å². The molecule has 0 radical (unpaired) electrons. The lowest BCUT2D eigenvalue weighted by molar-refractivity contribution is 0.309. The van der Waals surface area contributed by atoms with Gasteiger partial charge in [-0.05, 0) is 24.3 Å². The van der Waals surface area contributed by atoms with E-state index in [2.05, 4.69) is 4.98 Å². The number of anilines is 1. The minimum absolute atomic E-state index is 0. The molecule has 2 aromatic rings. The summed E-state index contributed by atoms with van der Waals surface area (Å²) >= 11 is 0. The van der Waals surface area contributed by atoms with Gasteiger partial charge in [0.1, 0.15) is 0 Å². The Bertz CT molecular complexity index is 449. The van der Waals surface area contributed by atoms with Gasteiger partial charge in [-0.15, -0.1) is 12.4 Å². The summed E-state index contributed by atoms with van der Waals surface area (Å²) in [6, 6.07) is 6.41. The maximum atomic E-state index is 8.99. The number of hydrogen-bond donors (Lipinski definition) is 4. The first kappa shape index (κ1) is 12.2. The van der Waals surface area contributed by atoms with E-state index in [0.717, 1.165) is 0 Å². The van der Waals surface area contributed by atoms with Crippen LogP contribution >= 0.6 is 12.4 Å². The molecule has 0 saturated heterocycles. The monoisotopic (exact) mass is 244 g/mol. The van der Waals surface area contributed by atoms with Crippen molar-refractivity contribution < 1.29 is 19.8 Å². The van der Waals surface area contributed by atoms with E-state index < -0.39 is 11.8 Å². The van der Waals surface area contributed by atoms with Gasteiger partial charge >= 0.3 is 5.95 Å². The van der Waals surface area contributed by atoms with E-state index in [1.54, 1.807) is 24.3 Å². The molecule has 7 heteroatoms. The van der Waals surface area contributed by atoms with Crippen molar-refractivity contribution in [2.75, 3.05) is 5.48 Å². The molecule has 1 aromatic carbocycles. The number of aromatic nitrogens is 1. The van der Waals surface area contributed by atoms with E-state index in [1.807, 2.05) is 5.48 Å². The largest absolute Gasteiger partial charge is 0.488 e. The molecule has 2 rings (SSSR count). The molecular weight excluding hydrogens is 236 g/mol. The smallest absolute Gasteiger partial charge is 0.349 e. The molecule has 16 heavy (non-hydrogen) atoms. The summed E-state index contributed by atoms with van der Waals surface area (Å²) in [4.78, 5) is 3.59. The maximum Gasteiger partial charge on any atom is 0.349 e. The Balaban J connectivity index is 0.00000128. The fourth-order valence-electron chi connectivity index (χ4n) is 1.11. The first-order chi connectivity index (χ1) is 7.20. The van der Waals surface area contributed by atoms with Gasteiger partial charge in [-0.2, -0.15) is 4.98 Å². The molecular formula is C9H9ClN2O4. The fourth-order valence-corrected chi connectivity index (χ4v) is 1.11. The van der Waals surface area contributed by atoms with Crippen LogP contribution in [0.5, 0.6) is 11.8 Å². The number of rotatable bonds is 2. The van der Waals surface area contributed by atoms with Crippen LogP contribution < -0.4 is 5.48 Å². The summed E-state index contributed by atoms with van der Waals surface area (Å²) in [5.74, 6) is -1.06. The third-order valence-corrected chi connectivity index (χ3v) is 1.85. The lowest BCUT2D eigenvalue weighted by Gasteiger charge is -1.98. The summed E-state index contributed by atoms with van der Waals surface area (Å²) in [6.45, 7) is 0. The molecule has 0 atom stereocenters. The fraction of sp³-hybridized carbons (Fsp3) is 0. The Morgan fingerprint density at radius 1 is 1.12 bits per heavy atom. The van der Waals surface area contributed by atoms with Crippen LogP contribution in [0, 0.1) is 0 Å². The van der Waals surface area contributed by atoms with Gasteiger partial charge in [0.05, 0.1) is 5.69 Å². The van der Waals surface area contributed by atoms with Crippen molar-refractivity contribution in [3.05, 3.63) is 24.3 Å². The summed E-state index contributed by atoms with van der Waals surface area (Å²) < 4.78 is 4.79. The first-order valence-electron chi connectivity index (χ1n) is 4.10. The molecule has 0 aliphatic rings. The second-order valence-corrected chi connectivity index (χ2v) is 2.84. The van der Waals surface area contributed by atoms with Gasteiger partial charge in [0, 0.05) is 5.56 Å². The molecule has 6 nitrogen and oxygen atoms in total. The van der Waals surface area contributed by atoms with Crippen molar-refractivity contribution in [2.24, 2.45) is 0 Å². The van der Waals surface area contributed by atoms with E-state index in [-0.39, 0.29) is 18.3 Å². The summed E-state index contributed by atoms with van der Waals surface area (Å²) in [5, 5.41) is 26.5. The van der Waals surface area contributed by atoms with Gasteiger partial charge in [-0.25, -0.2) is 0 Å². The summed E-state index contributed by atoms with van der Waals surface area (Å²) in [7, 11) is 0. The van der Waals surface area contributed by atoms with Crippen molar-refractivity contribution in [3.8, 4) is 23.3 Å². The first-order valence-corrected chi connectivity index (χ1v) is 4.10. The van der Waals surface area contributed by atoms with Crippen LogP contribution in [0.2, 0.25) is 0 Å². The average molecular weight is 245 g/mol. The van der Waals surface area contributed by atoms with Crippen molar-refractivity contribution in [1.29, 1.82) is 0 Å². The van der Waals surface area contributed by atoms with Crippen molar-refractivity contribution in [3.63, 3.8) is 0 Å². The van der Waals surface area contributed by atoms with Crippen molar-refractivity contribution in [1.82, 2.24) is 4.98 Å². The second kappa shape index (κ2) is 4.73. The highest BCUT2D eigenvalue weighted by Gasteiger charge is 2.11. The molecule has 86 valence electrons. The zero-order valence-electron chi connectivity index (χ0n) is 7.91. The van der Waals surface area contributed by atoms with Gasteiger partial charge < -0.3 is 14.6 Å². The Morgan fingerprint density at radius 3 is 2.19 bits per heavy atom. The Hall–Kier alpha value is -1.92. The van der Waals surface area contributed by atoms with Gasteiger partial charge in [0.25, 0.3) is 5.88 Å². The predicted octanol–water partition coefficient (Wildman–Crippen LogP) is 1.98. The van der Waals surface area contributed by atoms with E-state index in [4.69, 9.17) is 19.8 Å². The third kappa shape index (κ3) is 2.18. The molecule has 0 spiro atoms. The minimum Gasteiger partial charge on any atom is -0.488 e. The van der Waals surface area contributed by atoms with Gasteiger partial charge in [-0.1, -0.05) is 0 Å². The molecule has 4 N–H and O–H groups in total. The molecule has 0 bridgehead atoms. The molecule has 1 heterocycles. The lowest BCUT2D eigenvalue weighted by atomic mass is 10.2. The molecule has 0 saturated carbocycles. The van der Waals surface area contributed by atoms with Crippen molar-refractivity contribution >= 4 is 18.1 Å². The molecule has 0 unspecified atom stereocenters. The molecule has 0 amide bonds. The average Bonchev–Trinajstić information content (AvgIpc) is 2.59. The third-order valence-electron chi connectivity index (χ3n) is 1.85. The normalized spacial score (nSPS) is 9.56. The molecule has 0 fully saturated rings. The number of oxazole rings is 1. The maximum absolute atomic E-state index is 8.99. The lowest BCUT2D eigenvalue weighted by Crippen LogP contribution is -1.87. The highest BCUT2D eigenvalue weighted by Crippen LogP contribution is 2.30. The summed E-state index contributed by atoms with van der Waals surface area (Å²) in [5.41, 5.74) is 3.06. The van der Waals surface area contributed by atoms with Gasteiger partial charge in [0.15, 0.2) is 0 Å². The zero-order valence-corrected chi connectivity index (χ0v) is 8.73. The Morgan fingerprint density at radius 2 is 1.75 bits per heavy atom. The number of halogens is 1. The van der Waals surface area contributed by atoms with E-state index in [0.29, 0.717) is 11.3 Å². The number of nitrogens with zero attached hydrogens (tertiary/aromatic N) is 1. The molecule has 1 aromatic heterocycles. The minimum atomic E-state index is -0.616. The quantitative estimate of drug-likeness (QED) is 0.603. The van der Waals surface area contributed by atoms with Gasteiger partial charge in [-0.3, -0.25) is 10.7 Å². The van der Waals surface area contributed by atoms with Crippen LogP contribution in [-0.4, -0.2) is 20.4 Å². The van der Waals surface area contributed by atoms with Crippen LogP contribution in [0.3, 0.4) is 0 Å². The van der Waals surface area contributed by atoms with E-state index in [9.17, 15) is 0 Å². The van der Waals surface area contributed by atoms with Crippen LogP contribution in [-0.2, 0) is 0 Å². The van der Waals surface area contributed by atoms with Crippen LogP contribution in [0.4, 0.5) is 5.69 Å². The number of nitrogens with one attached hydrogen (secondary N) is 1. The standard InChI is InChI=1S/C9H8N2O4.ClH/c12-7-9(13)15-8(10-7)5-1-3-6(11-14)4-2-5;/h1-4,11-14H;1H. The summed E-state index contributed by atoms with van der Waals surface area (Å²) in [6.07, 6.45) is 0. The number of aromatic hydroxyl groups is 2. The van der Waals surface area contributed by atoms with E-state index >= 15 is 0 Å². The predicted molar refractivity (Wildman–Crippen MR) is 57.9 cm³/mol. The highest BCUT2D eigenvalue weighted by molar-refractivity contribution is 5.85. The van der Waals surface area contributed by atoms with Crippen LogP contribution in [0.15, 0.2) is 28.7 Å². The van der Waals surface area contributed by atoms with Crippen LogP contribution in [0.25, 0.3) is 11.5 Å². The molecule has 0 aliphatic carbocycles. The Labute approximate surface area is 96.5 Å². The SMILES string of the molecule is Cl.ONc1ccc(-c2nc(O)c(O)o2)cc1. The number of hydrogen-bond acceptors (Lipinski definition) is 6. The highest BCUT2D eigenvalue weighted by atomic mass is 35.5.